The van der Waals surface area contributed by atoms with Crippen molar-refractivity contribution in [1.82, 2.24) is 14.6 Å². The Balaban J connectivity index is 1.59. The molecule has 1 saturated heterocycles. The number of carbonyl (C=O) groups is 2. The lowest BCUT2D eigenvalue weighted by atomic mass is 9.97. The highest BCUT2D eigenvalue weighted by Gasteiger charge is 2.26. The lowest BCUT2D eigenvalue weighted by Gasteiger charge is -2.32. The maximum absolute atomic E-state index is 12.8. The smallest absolute Gasteiger partial charge is 0.306 e. The minimum Gasteiger partial charge on any atom is -0.481 e. The minimum atomic E-state index is -0.982. The summed E-state index contributed by atoms with van der Waals surface area (Å²) in [7, 11) is 0. The number of benzene rings is 1. The van der Waals surface area contributed by atoms with Gasteiger partial charge >= 0.3 is 5.97 Å². The van der Waals surface area contributed by atoms with Gasteiger partial charge < -0.3 is 20.4 Å². The highest BCUT2D eigenvalue weighted by molar-refractivity contribution is 6.04. The van der Waals surface area contributed by atoms with Gasteiger partial charge in [0.25, 0.3) is 5.91 Å². The molecule has 3 N–H and O–H groups in total. The topological polar surface area (TPSA) is 120 Å². The van der Waals surface area contributed by atoms with Gasteiger partial charge in [0.1, 0.15) is 11.6 Å². The first-order valence-electron chi connectivity index (χ1n) is 10.6. The number of aromatic nitrogens is 3. The molecule has 2 aromatic heterocycles. The molecule has 0 unspecified atom stereocenters. The molecule has 0 aliphatic carbocycles. The maximum Gasteiger partial charge on any atom is 0.306 e. The summed E-state index contributed by atoms with van der Waals surface area (Å²) < 4.78 is 1.73. The van der Waals surface area contributed by atoms with E-state index in [1.165, 1.54) is 0 Å². The van der Waals surface area contributed by atoms with Crippen LogP contribution < -0.4 is 10.2 Å². The van der Waals surface area contributed by atoms with E-state index >= 15 is 0 Å². The largest absolute Gasteiger partial charge is 0.481 e. The van der Waals surface area contributed by atoms with Gasteiger partial charge in [0.2, 0.25) is 0 Å². The Morgan fingerprint density at radius 3 is 2.38 bits per heavy atom. The number of rotatable bonds is 5. The fraction of sp³-hybridized carbons (Fsp3) is 0.391. The molecule has 1 aromatic carbocycles. The first-order chi connectivity index (χ1) is 15.1. The van der Waals surface area contributed by atoms with Gasteiger partial charge in [-0.2, -0.15) is 9.61 Å². The summed E-state index contributed by atoms with van der Waals surface area (Å²) in [5, 5.41) is 26.7. The van der Waals surface area contributed by atoms with Crippen molar-refractivity contribution < 1.29 is 19.8 Å². The van der Waals surface area contributed by atoms with E-state index in [2.05, 4.69) is 20.3 Å². The Morgan fingerprint density at radius 1 is 1.12 bits per heavy atom. The molecule has 4 rings (SSSR count). The van der Waals surface area contributed by atoms with E-state index in [9.17, 15) is 19.8 Å². The fourth-order valence-electron chi connectivity index (χ4n) is 3.94. The first-order valence-corrected chi connectivity index (χ1v) is 10.6. The normalized spacial score (nSPS) is 15.2. The number of amides is 1. The van der Waals surface area contributed by atoms with Crippen molar-refractivity contribution in [3.05, 3.63) is 53.2 Å². The second-order valence-electron chi connectivity index (χ2n) is 8.75. The number of nitrogens with one attached hydrogen (secondary N) is 1. The fourth-order valence-corrected chi connectivity index (χ4v) is 3.94. The summed E-state index contributed by atoms with van der Waals surface area (Å²) in [4.78, 5) is 30.7. The number of hydrogen-bond acceptors (Lipinski definition) is 6. The van der Waals surface area contributed by atoms with Crippen molar-refractivity contribution in [2.75, 3.05) is 23.3 Å². The molecular formula is C23H27N5O4. The third-order valence-electron chi connectivity index (χ3n) is 5.79. The first kappa shape index (κ1) is 21.8. The third kappa shape index (κ3) is 4.43. The summed E-state index contributed by atoms with van der Waals surface area (Å²) in [5.74, 6) is -0.253. The monoisotopic (exact) mass is 437 g/mol. The number of aliphatic carboxylic acids is 1. The van der Waals surface area contributed by atoms with Crippen LogP contribution in [0.3, 0.4) is 0 Å². The summed E-state index contributed by atoms with van der Waals surface area (Å²) in [6.07, 6.45) is 1.10. The molecule has 3 aromatic rings. The van der Waals surface area contributed by atoms with Gasteiger partial charge in [-0.25, -0.2) is 4.98 Å². The summed E-state index contributed by atoms with van der Waals surface area (Å²) >= 11 is 0. The molecule has 1 aliphatic rings. The van der Waals surface area contributed by atoms with Crippen LogP contribution in [0.4, 0.5) is 11.6 Å². The van der Waals surface area contributed by atoms with E-state index in [0.29, 0.717) is 43.0 Å². The number of piperidine rings is 1. The summed E-state index contributed by atoms with van der Waals surface area (Å²) in [6.45, 7) is 6.42. The molecule has 0 atom stereocenters. The van der Waals surface area contributed by atoms with Gasteiger partial charge in [0, 0.05) is 30.8 Å². The van der Waals surface area contributed by atoms with Crippen molar-refractivity contribution in [2.24, 2.45) is 5.92 Å². The van der Waals surface area contributed by atoms with Gasteiger partial charge in [0.05, 0.1) is 17.2 Å². The van der Waals surface area contributed by atoms with Gasteiger partial charge in [-0.1, -0.05) is 12.1 Å². The van der Waals surface area contributed by atoms with Crippen LogP contribution in [0.25, 0.3) is 5.65 Å². The Morgan fingerprint density at radius 2 is 1.78 bits per heavy atom. The van der Waals surface area contributed by atoms with E-state index in [0.717, 1.165) is 17.1 Å². The number of fused-ring (bicyclic) bond motifs is 1. The standard InChI is InChI=1S/C23H27N5O4/c1-14-12-19-24-18(25-21(29)15-4-6-17(7-5-15)23(2,3)32)13-20(28(19)26-14)27-10-8-16(9-11-27)22(30)31/h4-7,12-13,16,32H,8-11H2,1-3H3,(H,30,31)(H,24,25,29). The molecule has 32 heavy (non-hydrogen) atoms. The third-order valence-corrected chi connectivity index (χ3v) is 5.79. The number of aliphatic hydroxyl groups is 1. The average Bonchev–Trinajstić information content (AvgIpc) is 3.12. The van der Waals surface area contributed by atoms with Crippen molar-refractivity contribution >= 4 is 29.2 Å². The van der Waals surface area contributed by atoms with E-state index < -0.39 is 11.6 Å². The Bertz CT molecular complexity index is 1160. The molecule has 3 heterocycles. The molecule has 1 aliphatic heterocycles. The number of carboxylic acids is 1. The highest BCUT2D eigenvalue weighted by Crippen LogP contribution is 2.27. The zero-order valence-corrected chi connectivity index (χ0v) is 18.4. The molecule has 0 bridgehead atoms. The molecule has 9 heteroatoms. The van der Waals surface area contributed by atoms with Crippen LogP contribution in [-0.4, -0.2) is 49.8 Å². The van der Waals surface area contributed by atoms with E-state index in [1.807, 2.05) is 13.0 Å². The second-order valence-corrected chi connectivity index (χ2v) is 8.75. The highest BCUT2D eigenvalue weighted by atomic mass is 16.4. The van der Waals surface area contributed by atoms with Gasteiger partial charge in [-0.15, -0.1) is 0 Å². The van der Waals surface area contributed by atoms with Crippen LogP contribution in [0.15, 0.2) is 36.4 Å². The van der Waals surface area contributed by atoms with Crippen molar-refractivity contribution in [3.8, 4) is 0 Å². The zero-order chi connectivity index (χ0) is 23.0. The number of anilines is 2. The zero-order valence-electron chi connectivity index (χ0n) is 18.4. The van der Waals surface area contributed by atoms with E-state index in [4.69, 9.17) is 0 Å². The minimum absolute atomic E-state index is 0.309. The van der Waals surface area contributed by atoms with Crippen LogP contribution in [0.1, 0.15) is 48.3 Å². The molecule has 9 nitrogen and oxygen atoms in total. The van der Waals surface area contributed by atoms with Crippen molar-refractivity contribution in [3.63, 3.8) is 0 Å². The number of nitrogens with zero attached hydrogens (tertiary/aromatic N) is 4. The van der Waals surface area contributed by atoms with E-state index in [-0.39, 0.29) is 11.8 Å². The summed E-state index contributed by atoms with van der Waals surface area (Å²) in [5.41, 5.74) is 1.59. The van der Waals surface area contributed by atoms with Crippen LogP contribution in [0.2, 0.25) is 0 Å². The van der Waals surface area contributed by atoms with Crippen LogP contribution in [0.5, 0.6) is 0 Å². The lowest BCUT2D eigenvalue weighted by molar-refractivity contribution is -0.142. The lowest BCUT2D eigenvalue weighted by Crippen LogP contribution is -2.37. The molecule has 0 saturated carbocycles. The Kier molecular flexibility index (Phi) is 5.60. The average molecular weight is 438 g/mol. The van der Waals surface area contributed by atoms with Crippen LogP contribution >= 0.6 is 0 Å². The van der Waals surface area contributed by atoms with Gasteiger partial charge in [0.15, 0.2) is 5.65 Å². The van der Waals surface area contributed by atoms with Crippen LogP contribution in [-0.2, 0) is 10.4 Å². The van der Waals surface area contributed by atoms with Crippen LogP contribution in [0, 0.1) is 12.8 Å². The predicted octanol–water partition coefficient (Wildman–Crippen LogP) is 2.82. The number of aryl methyl sites for hydroxylation is 1. The number of carbonyl (C=O) groups excluding carboxylic acids is 1. The number of hydrogen-bond donors (Lipinski definition) is 3. The Hall–Kier alpha value is -3.46. The maximum atomic E-state index is 12.8. The summed E-state index contributed by atoms with van der Waals surface area (Å²) in [6, 6.07) is 10.4. The Labute approximate surface area is 185 Å². The second kappa shape index (κ2) is 8.23. The molecule has 1 amide bonds. The van der Waals surface area contributed by atoms with Crippen molar-refractivity contribution in [2.45, 2.75) is 39.2 Å². The number of carboxylic acid groups (broad SMARTS) is 1. The van der Waals surface area contributed by atoms with Gasteiger partial charge in [-0.3, -0.25) is 9.59 Å². The molecule has 0 radical (unpaired) electrons. The quantitative estimate of drug-likeness (QED) is 0.561. The van der Waals surface area contributed by atoms with Crippen molar-refractivity contribution in [1.29, 1.82) is 0 Å². The molecule has 1 fully saturated rings. The van der Waals surface area contributed by atoms with E-state index in [1.54, 1.807) is 48.7 Å². The van der Waals surface area contributed by atoms with Gasteiger partial charge in [-0.05, 0) is 51.3 Å². The predicted molar refractivity (Wildman–Crippen MR) is 120 cm³/mol. The molecule has 168 valence electrons. The molecular weight excluding hydrogens is 410 g/mol. The molecule has 0 spiro atoms. The SMILES string of the molecule is Cc1cc2nc(NC(=O)c3ccc(C(C)(C)O)cc3)cc(N3CCC(C(=O)O)CC3)n2n1.